The standard InChI is InChI=1S/C27H29N3O4/c31-26(29-25(17-6-7-17)18-9-11-22-23(16-18)34-14-13-33-22)19-8-10-20-21(15-19)28-24-5-3-1-2-4-12-30(24)27(20)32/h8-11,15-17,25H,1-7,12-14H2,(H,29,31). The second-order valence-corrected chi connectivity index (χ2v) is 9.57. The first kappa shape index (κ1) is 21.2. The monoisotopic (exact) mass is 459 g/mol. The lowest BCUT2D eigenvalue weighted by Gasteiger charge is -2.23. The lowest BCUT2D eigenvalue weighted by atomic mass is 10.0. The Morgan fingerprint density at radius 3 is 2.68 bits per heavy atom. The molecule has 176 valence electrons. The summed E-state index contributed by atoms with van der Waals surface area (Å²) in [6, 6.07) is 11.1. The van der Waals surface area contributed by atoms with Crippen LogP contribution < -0.4 is 20.3 Å². The first-order valence-electron chi connectivity index (χ1n) is 12.4. The third kappa shape index (κ3) is 4.04. The number of nitrogens with zero attached hydrogens (tertiary/aromatic N) is 2. The van der Waals surface area contributed by atoms with Crippen LogP contribution in [-0.4, -0.2) is 28.7 Å². The van der Waals surface area contributed by atoms with E-state index in [9.17, 15) is 9.59 Å². The van der Waals surface area contributed by atoms with E-state index in [-0.39, 0.29) is 17.5 Å². The third-order valence-corrected chi connectivity index (χ3v) is 7.13. The quantitative estimate of drug-likeness (QED) is 0.633. The summed E-state index contributed by atoms with van der Waals surface area (Å²) in [6.45, 7) is 1.81. The smallest absolute Gasteiger partial charge is 0.261 e. The fraction of sp³-hybridized carbons (Fsp3) is 0.444. The van der Waals surface area contributed by atoms with Gasteiger partial charge in [0.25, 0.3) is 11.5 Å². The number of benzene rings is 2. The van der Waals surface area contributed by atoms with Crippen molar-refractivity contribution in [1.29, 1.82) is 0 Å². The van der Waals surface area contributed by atoms with E-state index in [1.54, 1.807) is 18.2 Å². The van der Waals surface area contributed by atoms with E-state index in [1.807, 2.05) is 22.8 Å². The number of aryl methyl sites for hydroxylation is 1. The maximum Gasteiger partial charge on any atom is 0.261 e. The SMILES string of the molecule is O=C(NC(c1ccc2c(c1)OCCO2)C1CC1)c1ccc2c(=O)n3c(nc2c1)CCCCCC3. The highest BCUT2D eigenvalue weighted by Gasteiger charge is 2.34. The average molecular weight is 460 g/mol. The number of carbonyl (C=O) groups excluding carboxylic acids is 1. The zero-order chi connectivity index (χ0) is 23.1. The van der Waals surface area contributed by atoms with Gasteiger partial charge in [0, 0.05) is 18.5 Å². The molecule has 1 fully saturated rings. The van der Waals surface area contributed by atoms with Crippen LogP contribution in [0.1, 0.15) is 66.3 Å². The molecular weight excluding hydrogens is 430 g/mol. The van der Waals surface area contributed by atoms with Gasteiger partial charge < -0.3 is 14.8 Å². The van der Waals surface area contributed by atoms with E-state index < -0.39 is 0 Å². The van der Waals surface area contributed by atoms with Crippen LogP contribution in [-0.2, 0) is 13.0 Å². The van der Waals surface area contributed by atoms with Gasteiger partial charge in [-0.25, -0.2) is 4.98 Å². The minimum absolute atomic E-state index is 0.000920. The van der Waals surface area contributed by atoms with Gasteiger partial charge in [-0.15, -0.1) is 0 Å². The van der Waals surface area contributed by atoms with Gasteiger partial charge in [-0.1, -0.05) is 18.9 Å². The number of carbonyl (C=O) groups is 1. The fourth-order valence-electron chi connectivity index (χ4n) is 5.12. The molecule has 6 rings (SSSR count). The van der Waals surface area contributed by atoms with Crippen LogP contribution in [0.15, 0.2) is 41.2 Å². The van der Waals surface area contributed by atoms with Gasteiger partial charge in [0.05, 0.1) is 16.9 Å². The van der Waals surface area contributed by atoms with Crippen LogP contribution in [0.4, 0.5) is 0 Å². The Morgan fingerprint density at radius 1 is 1.00 bits per heavy atom. The largest absolute Gasteiger partial charge is 0.486 e. The Hall–Kier alpha value is -3.35. The second-order valence-electron chi connectivity index (χ2n) is 9.57. The van der Waals surface area contributed by atoms with E-state index in [4.69, 9.17) is 14.5 Å². The predicted molar refractivity (Wildman–Crippen MR) is 129 cm³/mol. The molecule has 1 saturated carbocycles. The molecule has 1 amide bonds. The fourth-order valence-corrected chi connectivity index (χ4v) is 5.12. The summed E-state index contributed by atoms with van der Waals surface area (Å²) in [4.78, 5) is 31.2. The zero-order valence-electron chi connectivity index (χ0n) is 19.2. The number of nitrogens with one attached hydrogen (secondary N) is 1. The van der Waals surface area contributed by atoms with Crippen LogP contribution in [0.2, 0.25) is 0 Å². The summed E-state index contributed by atoms with van der Waals surface area (Å²) in [5.74, 6) is 2.58. The first-order valence-corrected chi connectivity index (χ1v) is 12.4. The molecule has 34 heavy (non-hydrogen) atoms. The number of amides is 1. The van der Waals surface area contributed by atoms with Crippen molar-refractivity contribution in [3.63, 3.8) is 0 Å². The van der Waals surface area contributed by atoms with Gasteiger partial charge in [-0.2, -0.15) is 0 Å². The number of hydrogen-bond donors (Lipinski definition) is 1. The lowest BCUT2D eigenvalue weighted by molar-refractivity contribution is 0.0931. The first-order chi connectivity index (χ1) is 16.7. The Morgan fingerprint density at radius 2 is 1.82 bits per heavy atom. The molecule has 1 aliphatic carbocycles. The Labute approximate surface area is 198 Å². The van der Waals surface area contributed by atoms with Crippen LogP contribution in [0.25, 0.3) is 10.9 Å². The highest BCUT2D eigenvalue weighted by Crippen LogP contribution is 2.43. The Kier molecular flexibility index (Phi) is 5.47. The normalized spacial score (nSPS) is 18.5. The van der Waals surface area contributed by atoms with Crippen molar-refractivity contribution in [1.82, 2.24) is 14.9 Å². The van der Waals surface area contributed by atoms with Crippen LogP contribution in [0.5, 0.6) is 11.5 Å². The maximum atomic E-state index is 13.3. The molecule has 3 aromatic rings. The molecule has 2 aromatic carbocycles. The molecule has 7 heteroatoms. The summed E-state index contributed by atoms with van der Waals surface area (Å²) in [6.07, 6.45) is 7.33. The number of ether oxygens (including phenoxy) is 2. The molecule has 3 heterocycles. The van der Waals surface area contributed by atoms with E-state index in [0.717, 1.165) is 68.0 Å². The van der Waals surface area contributed by atoms with Crippen molar-refractivity contribution in [2.24, 2.45) is 5.92 Å². The zero-order valence-corrected chi connectivity index (χ0v) is 19.2. The maximum absolute atomic E-state index is 13.3. The van der Waals surface area contributed by atoms with E-state index in [0.29, 0.717) is 35.6 Å². The Bertz CT molecular complexity index is 1310. The number of hydrogen-bond acceptors (Lipinski definition) is 5. The summed E-state index contributed by atoms with van der Waals surface area (Å²) < 4.78 is 13.2. The number of fused-ring (bicyclic) bond motifs is 3. The minimum Gasteiger partial charge on any atom is -0.486 e. The minimum atomic E-state index is -0.151. The van der Waals surface area contributed by atoms with Crippen molar-refractivity contribution >= 4 is 16.8 Å². The molecule has 1 atom stereocenters. The summed E-state index contributed by atoms with van der Waals surface area (Å²) in [5, 5.41) is 3.81. The Balaban J connectivity index is 1.29. The molecular formula is C27H29N3O4. The van der Waals surface area contributed by atoms with E-state index >= 15 is 0 Å². The highest BCUT2D eigenvalue weighted by atomic mass is 16.6. The molecule has 1 N–H and O–H groups in total. The molecule has 1 aromatic heterocycles. The van der Waals surface area contributed by atoms with Gasteiger partial charge in [0.1, 0.15) is 19.0 Å². The van der Waals surface area contributed by atoms with Crippen molar-refractivity contribution < 1.29 is 14.3 Å². The lowest BCUT2D eigenvalue weighted by Crippen LogP contribution is -2.30. The van der Waals surface area contributed by atoms with Crippen LogP contribution >= 0.6 is 0 Å². The molecule has 1 unspecified atom stereocenters. The molecule has 0 bridgehead atoms. The molecule has 2 aliphatic heterocycles. The predicted octanol–water partition coefficient (Wildman–Crippen LogP) is 4.17. The molecule has 0 spiro atoms. The van der Waals surface area contributed by atoms with E-state index in [1.165, 1.54) is 6.42 Å². The number of aromatic nitrogens is 2. The second kappa shape index (κ2) is 8.78. The van der Waals surface area contributed by atoms with Gasteiger partial charge >= 0.3 is 0 Å². The topological polar surface area (TPSA) is 82.5 Å². The highest BCUT2D eigenvalue weighted by molar-refractivity contribution is 5.98. The van der Waals surface area contributed by atoms with Gasteiger partial charge in [0.15, 0.2) is 11.5 Å². The molecule has 3 aliphatic rings. The summed E-state index contributed by atoms with van der Waals surface area (Å²) in [5.41, 5.74) is 2.16. The van der Waals surface area contributed by atoms with Crippen LogP contribution in [0.3, 0.4) is 0 Å². The van der Waals surface area contributed by atoms with Crippen molar-refractivity contribution in [2.45, 2.75) is 57.5 Å². The van der Waals surface area contributed by atoms with Gasteiger partial charge in [-0.05, 0) is 67.5 Å². The molecule has 0 radical (unpaired) electrons. The van der Waals surface area contributed by atoms with Crippen molar-refractivity contribution in [3.05, 3.63) is 63.7 Å². The van der Waals surface area contributed by atoms with Crippen LogP contribution in [0, 0.1) is 5.92 Å². The summed E-state index contributed by atoms with van der Waals surface area (Å²) in [7, 11) is 0. The van der Waals surface area contributed by atoms with Gasteiger partial charge in [0.2, 0.25) is 0 Å². The van der Waals surface area contributed by atoms with Crippen molar-refractivity contribution in [3.8, 4) is 11.5 Å². The average Bonchev–Trinajstić information content (AvgIpc) is 3.68. The third-order valence-electron chi connectivity index (χ3n) is 7.13. The molecule has 0 saturated heterocycles. The van der Waals surface area contributed by atoms with E-state index in [2.05, 4.69) is 5.32 Å². The number of rotatable bonds is 4. The molecule has 7 nitrogen and oxygen atoms in total. The van der Waals surface area contributed by atoms with Gasteiger partial charge in [-0.3, -0.25) is 14.2 Å². The van der Waals surface area contributed by atoms with Crippen molar-refractivity contribution in [2.75, 3.05) is 13.2 Å². The summed E-state index contributed by atoms with van der Waals surface area (Å²) >= 11 is 0.